The van der Waals surface area contributed by atoms with E-state index in [1.807, 2.05) is 0 Å². The molecular formula is C22H36O11. The van der Waals surface area contributed by atoms with Gasteiger partial charge in [-0.1, -0.05) is 0 Å². The number of methoxy groups -OCH3 is 3. The van der Waals surface area contributed by atoms with Crippen LogP contribution in [0.3, 0.4) is 0 Å². The second-order valence-electron chi connectivity index (χ2n) is 6.47. The van der Waals surface area contributed by atoms with Gasteiger partial charge in [0.1, 0.15) is 19.8 Å². The van der Waals surface area contributed by atoms with Crippen LogP contribution in [0.1, 0.15) is 10.4 Å². The fourth-order valence-electron chi connectivity index (χ4n) is 2.41. The lowest BCUT2D eigenvalue weighted by molar-refractivity contribution is 0.0467. The number of aromatic carboxylic acids is 1. The molecule has 0 aliphatic heterocycles. The SMILES string of the molecule is COCCOCCOc1cc(C(=O)O)cc(OCCOCCOC)c1OCCOCCOC. The first-order valence-corrected chi connectivity index (χ1v) is 10.6. The molecule has 190 valence electrons. The van der Waals surface area contributed by atoms with Gasteiger partial charge >= 0.3 is 5.97 Å². The molecule has 1 rings (SSSR count). The average molecular weight is 477 g/mol. The van der Waals surface area contributed by atoms with Gasteiger partial charge in [0.15, 0.2) is 11.5 Å². The molecule has 1 aromatic carbocycles. The van der Waals surface area contributed by atoms with Crippen molar-refractivity contribution in [2.45, 2.75) is 0 Å². The maximum absolute atomic E-state index is 11.6. The summed E-state index contributed by atoms with van der Waals surface area (Å²) in [6.07, 6.45) is 0. The summed E-state index contributed by atoms with van der Waals surface area (Å²) in [5, 5.41) is 9.50. The molecule has 0 fully saturated rings. The Morgan fingerprint density at radius 2 is 0.970 bits per heavy atom. The number of rotatable bonds is 22. The fourth-order valence-corrected chi connectivity index (χ4v) is 2.41. The third kappa shape index (κ3) is 13.2. The van der Waals surface area contributed by atoms with Crippen molar-refractivity contribution in [1.82, 2.24) is 0 Å². The molecule has 0 amide bonds. The maximum atomic E-state index is 11.6. The molecule has 0 radical (unpaired) electrons. The molecule has 1 N–H and O–H groups in total. The summed E-state index contributed by atoms with van der Waals surface area (Å²) >= 11 is 0. The molecule has 33 heavy (non-hydrogen) atoms. The normalized spacial score (nSPS) is 10.9. The molecule has 11 heteroatoms. The molecule has 0 heterocycles. The van der Waals surface area contributed by atoms with E-state index in [4.69, 9.17) is 42.6 Å². The van der Waals surface area contributed by atoms with Gasteiger partial charge in [0.2, 0.25) is 5.75 Å². The second kappa shape index (κ2) is 19.3. The van der Waals surface area contributed by atoms with Crippen molar-refractivity contribution in [2.24, 2.45) is 0 Å². The quantitative estimate of drug-likeness (QED) is 0.245. The third-order valence-corrected chi connectivity index (χ3v) is 4.01. The Kier molecular flexibility index (Phi) is 16.9. The molecule has 0 bridgehead atoms. The number of hydrogen-bond acceptors (Lipinski definition) is 10. The predicted molar refractivity (Wildman–Crippen MR) is 118 cm³/mol. The zero-order valence-electron chi connectivity index (χ0n) is 19.7. The largest absolute Gasteiger partial charge is 0.487 e. The minimum atomic E-state index is -1.12. The topological polar surface area (TPSA) is 120 Å². The Morgan fingerprint density at radius 3 is 1.33 bits per heavy atom. The van der Waals surface area contributed by atoms with E-state index in [9.17, 15) is 9.90 Å². The van der Waals surface area contributed by atoms with E-state index in [2.05, 4.69) is 0 Å². The molecule has 0 saturated carbocycles. The van der Waals surface area contributed by atoms with Crippen molar-refractivity contribution in [2.75, 3.05) is 101 Å². The Labute approximate surface area is 194 Å². The lowest BCUT2D eigenvalue weighted by atomic mass is 10.2. The Hall–Kier alpha value is -2.15. The van der Waals surface area contributed by atoms with Crippen LogP contribution in [0.25, 0.3) is 0 Å². The van der Waals surface area contributed by atoms with Crippen LogP contribution in [0.2, 0.25) is 0 Å². The Bertz CT molecular complexity index is 602. The summed E-state index contributed by atoms with van der Waals surface area (Å²) in [5.41, 5.74) is 0.00398. The molecule has 0 atom stereocenters. The molecular weight excluding hydrogens is 440 g/mol. The van der Waals surface area contributed by atoms with Crippen molar-refractivity contribution in [1.29, 1.82) is 0 Å². The Morgan fingerprint density at radius 1 is 0.606 bits per heavy atom. The van der Waals surface area contributed by atoms with Crippen molar-refractivity contribution in [3.05, 3.63) is 17.7 Å². The monoisotopic (exact) mass is 476 g/mol. The minimum Gasteiger partial charge on any atom is -0.487 e. The summed E-state index contributed by atoms with van der Waals surface area (Å²) in [6.45, 7) is 4.18. The van der Waals surface area contributed by atoms with E-state index in [0.717, 1.165) is 0 Å². The van der Waals surface area contributed by atoms with Crippen LogP contribution in [-0.2, 0) is 28.4 Å². The van der Waals surface area contributed by atoms with Crippen molar-refractivity contribution in [3.63, 3.8) is 0 Å². The lowest BCUT2D eigenvalue weighted by Crippen LogP contribution is -2.15. The summed E-state index contributed by atoms with van der Waals surface area (Å²) in [5.74, 6) is -0.370. The second-order valence-corrected chi connectivity index (χ2v) is 6.47. The molecule has 0 aromatic heterocycles. The maximum Gasteiger partial charge on any atom is 0.335 e. The first kappa shape index (κ1) is 28.9. The van der Waals surface area contributed by atoms with Gasteiger partial charge in [-0.15, -0.1) is 0 Å². The first-order valence-electron chi connectivity index (χ1n) is 10.6. The van der Waals surface area contributed by atoms with Gasteiger partial charge in [-0.25, -0.2) is 4.79 Å². The van der Waals surface area contributed by atoms with Gasteiger partial charge in [-0.05, 0) is 12.1 Å². The Balaban J connectivity index is 2.84. The van der Waals surface area contributed by atoms with E-state index >= 15 is 0 Å². The fraction of sp³-hybridized carbons (Fsp3) is 0.682. The van der Waals surface area contributed by atoms with Crippen molar-refractivity contribution >= 4 is 5.97 Å². The summed E-state index contributed by atoms with van der Waals surface area (Å²) < 4.78 is 48.4. The lowest BCUT2D eigenvalue weighted by Gasteiger charge is -2.18. The standard InChI is InChI=1S/C22H36O11/c1-25-4-7-28-10-13-31-19-16-18(22(23)24)17-20(32-14-11-29-8-5-26-2)21(19)33-15-12-30-9-6-27-3/h16-17H,4-15H2,1-3H3,(H,23,24). The zero-order valence-corrected chi connectivity index (χ0v) is 19.7. The number of ether oxygens (including phenoxy) is 9. The number of carboxylic acid groups (broad SMARTS) is 1. The van der Waals surface area contributed by atoms with Crippen LogP contribution in [0.4, 0.5) is 0 Å². The summed E-state index contributed by atoms with van der Waals surface area (Å²) in [7, 11) is 4.77. The van der Waals surface area contributed by atoms with Crippen LogP contribution in [0.15, 0.2) is 12.1 Å². The van der Waals surface area contributed by atoms with Gasteiger partial charge < -0.3 is 47.7 Å². The number of benzene rings is 1. The molecule has 0 aliphatic rings. The van der Waals surface area contributed by atoms with Gasteiger partial charge in [0, 0.05) is 21.3 Å². The van der Waals surface area contributed by atoms with Gasteiger partial charge in [0.05, 0.1) is 65.0 Å². The molecule has 0 aliphatic carbocycles. The third-order valence-electron chi connectivity index (χ3n) is 4.01. The van der Waals surface area contributed by atoms with Crippen LogP contribution < -0.4 is 14.2 Å². The van der Waals surface area contributed by atoms with E-state index in [1.165, 1.54) is 12.1 Å². The average Bonchev–Trinajstić information content (AvgIpc) is 2.81. The van der Waals surface area contributed by atoms with Crippen molar-refractivity contribution < 1.29 is 52.5 Å². The molecule has 0 saturated heterocycles. The predicted octanol–water partition coefficient (Wildman–Crippen LogP) is 1.51. The molecule has 1 aromatic rings. The van der Waals surface area contributed by atoms with Crippen LogP contribution in [0, 0.1) is 0 Å². The number of carbonyl (C=O) groups is 1. The summed E-state index contributed by atoms with van der Waals surface area (Å²) in [4.78, 5) is 11.6. The van der Waals surface area contributed by atoms with Gasteiger partial charge in [0.25, 0.3) is 0 Å². The smallest absolute Gasteiger partial charge is 0.335 e. The summed E-state index contributed by atoms with van der Waals surface area (Å²) in [6, 6.07) is 2.78. The van der Waals surface area contributed by atoms with E-state index in [0.29, 0.717) is 59.5 Å². The zero-order chi connectivity index (χ0) is 24.2. The molecule has 11 nitrogen and oxygen atoms in total. The van der Waals surface area contributed by atoms with Crippen molar-refractivity contribution in [3.8, 4) is 17.2 Å². The molecule has 0 spiro atoms. The van der Waals surface area contributed by atoms with Gasteiger partial charge in [-0.2, -0.15) is 0 Å². The minimum absolute atomic E-state index is 0.00398. The molecule has 0 unspecified atom stereocenters. The van der Waals surface area contributed by atoms with Crippen LogP contribution >= 0.6 is 0 Å². The van der Waals surface area contributed by atoms with E-state index < -0.39 is 5.97 Å². The van der Waals surface area contributed by atoms with Crippen LogP contribution in [0.5, 0.6) is 17.2 Å². The number of carboxylic acids is 1. The van der Waals surface area contributed by atoms with Crippen LogP contribution in [-0.4, -0.2) is 112 Å². The highest BCUT2D eigenvalue weighted by atomic mass is 16.6. The highest BCUT2D eigenvalue weighted by Crippen LogP contribution is 2.39. The highest BCUT2D eigenvalue weighted by molar-refractivity contribution is 5.89. The highest BCUT2D eigenvalue weighted by Gasteiger charge is 2.19. The van der Waals surface area contributed by atoms with Gasteiger partial charge in [-0.3, -0.25) is 0 Å². The van der Waals surface area contributed by atoms with E-state index in [-0.39, 0.29) is 42.6 Å². The van der Waals surface area contributed by atoms with E-state index in [1.54, 1.807) is 21.3 Å². The first-order chi connectivity index (χ1) is 16.1. The number of hydrogen-bond donors (Lipinski definition) is 1.